The fraction of sp³-hybridized carbons (Fsp3) is 0.208. The van der Waals surface area contributed by atoms with Crippen LogP contribution in [0.15, 0.2) is 60.8 Å². The summed E-state index contributed by atoms with van der Waals surface area (Å²) >= 11 is 7.31. The van der Waals surface area contributed by atoms with Crippen LogP contribution in [0.1, 0.15) is 25.3 Å². The summed E-state index contributed by atoms with van der Waals surface area (Å²) in [7, 11) is 0. The van der Waals surface area contributed by atoms with Crippen LogP contribution < -0.4 is 4.74 Å². The number of benzene rings is 2. The Hall–Kier alpha value is -3.03. The number of hydrogen-bond acceptors (Lipinski definition) is 5. The fourth-order valence-electron chi connectivity index (χ4n) is 2.87. The van der Waals surface area contributed by atoms with Crippen LogP contribution in [0.2, 0.25) is 0 Å². The summed E-state index contributed by atoms with van der Waals surface area (Å²) < 4.78 is 20.6. The monoisotopic (exact) mass is 470 g/mol. The van der Waals surface area contributed by atoms with Gasteiger partial charge < -0.3 is 4.74 Å². The normalized spacial score (nSPS) is 12.8. The Labute approximate surface area is 193 Å². The molecule has 1 fully saturated rings. The third-order valence-electron chi connectivity index (χ3n) is 4.98. The molecular weight excluding hydrogens is 451 g/mol. The maximum Gasteiger partial charge on any atom is 0.272 e. The first-order valence-corrected chi connectivity index (χ1v) is 11.5. The number of nitro benzene ring substituents is 1. The molecule has 2 aromatic carbocycles. The average Bonchev–Trinajstić information content (AvgIpc) is 3.45. The third-order valence-corrected chi connectivity index (χ3v) is 6.48. The van der Waals surface area contributed by atoms with Gasteiger partial charge in [-0.2, -0.15) is 0 Å². The van der Waals surface area contributed by atoms with E-state index in [1.807, 2.05) is 30.3 Å². The van der Waals surface area contributed by atoms with Gasteiger partial charge in [-0.05, 0) is 29.2 Å². The first kappa shape index (κ1) is 22.2. The predicted octanol–water partition coefficient (Wildman–Crippen LogP) is 7.96. The largest absolute Gasteiger partial charge is 0.453 e. The van der Waals surface area contributed by atoms with E-state index in [0.717, 1.165) is 38.2 Å². The van der Waals surface area contributed by atoms with Gasteiger partial charge in [-0.25, -0.2) is 4.39 Å². The summed E-state index contributed by atoms with van der Waals surface area (Å²) in [6.45, 7) is 2.28. The van der Waals surface area contributed by atoms with Crippen LogP contribution >= 0.6 is 22.9 Å². The molecule has 1 aliphatic rings. The molecule has 0 amide bonds. The molecule has 0 N–H and O–H groups in total. The van der Waals surface area contributed by atoms with Crippen molar-refractivity contribution in [3.05, 3.63) is 82.3 Å². The van der Waals surface area contributed by atoms with Crippen LogP contribution in [0.4, 0.5) is 10.1 Å². The lowest BCUT2D eigenvalue weighted by Gasteiger charge is -2.07. The average molecular weight is 471 g/mol. The molecule has 0 saturated heterocycles. The molecule has 5 rings (SSSR count). The van der Waals surface area contributed by atoms with E-state index in [0.29, 0.717) is 11.6 Å². The molecule has 2 aromatic heterocycles. The minimum absolute atomic E-state index is 0.0838. The van der Waals surface area contributed by atoms with Crippen LogP contribution in [0.25, 0.3) is 20.7 Å². The van der Waals surface area contributed by atoms with E-state index in [-0.39, 0.29) is 11.4 Å². The highest BCUT2D eigenvalue weighted by molar-refractivity contribution is 7.22. The number of non-ortho nitro benzene ring substituents is 1. The lowest BCUT2D eigenvalue weighted by molar-refractivity contribution is -0.385. The summed E-state index contributed by atoms with van der Waals surface area (Å²) in [5.74, 6) is 1.09. The van der Waals surface area contributed by atoms with Crippen molar-refractivity contribution in [1.29, 1.82) is 0 Å². The number of alkyl halides is 1. The highest BCUT2D eigenvalue weighted by atomic mass is 35.5. The number of nitro groups is 1. The number of thiophene rings is 1. The van der Waals surface area contributed by atoms with Gasteiger partial charge in [-0.1, -0.05) is 44.0 Å². The van der Waals surface area contributed by atoms with Crippen molar-refractivity contribution < 1.29 is 14.1 Å². The van der Waals surface area contributed by atoms with Gasteiger partial charge >= 0.3 is 0 Å². The van der Waals surface area contributed by atoms with E-state index < -0.39 is 10.7 Å². The van der Waals surface area contributed by atoms with Crippen molar-refractivity contribution in [3.63, 3.8) is 0 Å². The van der Waals surface area contributed by atoms with Gasteiger partial charge in [-0.3, -0.25) is 15.1 Å². The van der Waals surface area contributed by atoms with Gasteiger partial charge in [0.05, 0.1) is 21.2 Å². The van der Waals surface area contributed by atoms with Gasteiger partial charge in [0.15, 0.2) is 11.6 Å². The molecule has 0 bridgehead atoms. The smallest absolute Gasteiger partial charge is 0.272 e. The number of hydrogen-bond donors (Lipinski definition) is 0. The molecule has 1 aliphatic carbocycles. The molecular formula is C24H20ClFN2O3S. The van der Waals surface area contributed by atoms with Crippen LogP contribution in [-0.4, -0.2) is 9.91 Å². The predicted molar refractivity (Wildman–Crippen MR) is 126 cm³/mol. The second-order valence-electron chi connectivity index (χ2n) is 7.62. The van der Waals surface area contributed by atoms with E-state index in [1.54, 1.807) is 12.3 Å². The van der Waals surface area contributed by atoms with E-state index in [2.05, 4.69) is 11.9 Å². The minimum Gasteiger partial charge on any atom is -0.453 e. The Morgan fingerprint density at radius 1 is 1.16 bits per heavy atom. The Kier molecular flexibility index (Phi) is 6.67. The van der Waals surface area contributed by atoms with Crippen LogP contribution in [0, 0.1) is 21.8 Å². The number of rotatable bonds is 5. The number of ether oxygens (including phenoxy) is 1. The first-order valence-electron chi connectivity index (χ1n) is 10.1. The molecule has 164 valence electrons. The van der Waals surface area contributed by atoms with E-state index >= 15 is 0 Å². The molecule has 0 aliphatic heterocycles. The zero-order chi connectivity index (χ0) is 22.7. The molecule has 32 heavy (non-hydrogen) atoms. The van der Waals surface area contributed by atoms with Gasteiger partial charge in [0.1, 0.15) is 5.75 Å². The zero-order valence-corrected chi connectivity index (χ0v) is 18.8. The Morgan fingerprint density at radius 3 is 2.47 bits per heavy atom. The van der Waals surface area contributed by atoms with Crippen molar-refractivity contribution >= 4 is 38.8 Å². The van der Waals surface area contributed by atoms with Gasteiger partial charge in [0, 0.05) is 29.1 Å². The van der Waals surface area contributed by atoms with Crippen LogP contribution in [0.5, 0.6) is 11.5 Å². The van der Waals surface area contributed by atoms with Crippen LogP contribution in [-0.2, 0) is 5.88 Å². The maximum absolute atomic E-state index is 14.2. The number of pyridine rings is 1. The quantitative estimate of drug-likeness (QED) is 0.168. The first-order chi connectivity index (χ1) is 15.4. The van der Waals surface area contributed by atoms with Crippen molar-refractivity contribution in [2.24, 2.45) is 5.92 Å². The van der Waals surface area contributed by atoms with Crippen molar-refractivity contribution in [2.75, 3.05) is 0 Å². The third kappa shape index (κ3) is 5.23. The Bertz CT molecular complexity index is 1260. The standard InChI is InChI=1S/C20H12ClFN2O3S.C4H8/c21-11-12-1-3-13(4-2-12)19-10-16-20(28-19)18(7-8-23-16)27-17-6-5-14(24(25)26)9-15(17)22;1-4-2-3-4/h1-10H,11H2;4H,2-3H2,1H3. The van der Waals surface area contributed by atoms with E-state index in [9.17, 15) is 14.5 Å². The Morgan fingerprint density at radius 2 is 1.88 bits per heavy atom. The molecule has 1 saturated carbocycles. The van der Waals surface area contributed by atoms with Gasteiger partial charge in [0.2, 0.25) is 0 Å². The summed E-state index contributed by atoms with van der Waals surface area (Å²) in [5.41, 5.74) is 2.44. The van der Waals surface area contributed by atoms with E-state index in [4.69, 9.17) is 16.3 Å². The highest BCUT2D eigenvalue weighted by Gasteiger charge is 2.15. The zero-order valence-electron chi connectivity index (χ0n) is 17.3. The van der Waals surface area contributed by atoms with Crippen molar-refractivity contribution in [1.82, 2.24) is 4.98 Å². The summed E-state index contributed by atoms with van der Waals surface area (Å²) in [4.78, 5) is 15.4. The number of fused-ring (bicyclic) bond motifs is 1. The molecule has 0 atom stereocenters. The molecule has 4 aromatic rings. The highest BCUT2D eigenvalue weighted by Crippen LogP contribution is 2.39. The molecule has 2 heterocycles. The maximum atomic E-state index is 14.2. The fourth-order valence-corrected chi connectivity index (χ4v) is 4.12. The molecule has 0 spiro atoms. The molecule has 0 unspecified atom stereocenters. The van der Waals surface area contributed by atoms with Gasteiger partial charge in [0.25, 0.3) is 5.69 Å². The topological polar surface area (TPSA) is 65.3 Å². The van der Waals surface area contributed by atoms with E-state index in [1.165, 1.54) is 36.3 Å². The lowest BCUT2D eigenvalue weighted by atomic mass is 10.1. The lowest BCUT2D eigenvalue weighted by Crippen LogP contribution is -1.92. The molecule has 0 radical (unpaired) electrons. The van der Waals surface area contributed by atoms with Gasteiger partial charge in [-0.15, -0.1) is 22.9 Å². The SMILES string of the molecule is CC1CC1.O=[N+]([O-])c1ccc(Oc2ccnc3cc(-c4ccc(CCl)cc4)sc23)c(F)c1. The Balaban J connectivity index is 0.000000552. The summed E-state index contributed by atoms with van der Waals surface area (Å²) in [5, 5.41) is 10.8. The number of aromatic nitrogens is 1. The molecule has 5 nitrogen and oxygen atoms in total. The summed E-state index contributed by atoms with van der Waals surface area (Å²) in [6, 6.07) is 14.8. The molecule has 8 heteroatoms. The number of halogens is 2. The second-order valence-corrected chi connectivity index (χ2v) is 8.94. The second kappa shape index (κ2) is 9.63. The summed E-state index contributed by atoms with van der Waals surface area (Å²) in [6.07, 6.45) is 4.55. The van der Waals surface area contributed by atoms with Crippen LogP contribution in [0.3, 0.4) is 0 Å². The van der Waals surface area contributed by atoms with Crippen molar-refractivity contribution in [2.45, 2.75) is 25.6 Å². The minimum atomic E-state index is -0.799. The van der Waals surface area contributed by atoms with Crippen molar-refractivity contribution in [3.8, 4) is 21.9 Å². The number of nitrogens with zero attached hydrogens (tertiary/aromatic N) is 2.